The van der Waals surface area contributed by atoms with Crippen LogP contribution in [0.25, 0.3) is 10.2 Å². The Labute approximate surface area is 106 Å². The van der Waals surface area contributed by atoms with Crippen molar-refractivity contribution in [2.24, 2.45) is 0 Å². The SMILES string of the molecule is O=c1c2sccc2[nH]c(=S)n1N1CCOCC1. The van der Waals surface area contributed by atoms with Crippen LogP contribution >= 0.6 is 23.6 Å². The van der Waals surface area contributed by atoms with Crippen molar-refractivity contribution in [3.05, 3.63) is 26.6 Å². The molecule has 0 aliphatic carbocycles. The van der Waals surface area contributed by atoms with Crippen LogP contribution in [-0.2, 0) is 4.74 Å². The van der Waals surface area contributed by atoms with Gasteiger partial charge in [-0.25, -0.2) is 0 Å². The van der Waals surface area contributed by atoms with Crippen molar-refractivity contribution in [1.82, 2.24) is 9.66 Å². The minimum Gasteiger partial charge on any atom is -0.378 e. The minimum atomic E-state index is -0.0411. The molecule has 0 unspecified atom stereocenters. The van der Waals surface area contributed by atoms with Gasteiger partial charge in [0.05, 0.1) is 31.8 Å². The zero-order valence-corrected chi connectivity index (χ0v) is 10.6. The largest absolute Gasteiger partial charge is 0.378 e. The number of aromatic amines is 1. The zero-order valence-electron chi connectivity index (χ0n) is 9.01. The van der Waals surface area contributed by atoms with Crippen molar-refractivity contribution in [3.63, 3.8) is 0 Å². The molecule has 0 radical (unpaired) electrons. The van der Waals surface area contributed by atoms with Crippen LogP contribution in [-0.4, -0.2) is 36.0 Å². The number of nitrogens with zero attached hydrogens (tertiary/aromatic N) is 2. The number of H-pyrrole nitrogens is 1. The molecule has 0 aromatic carbocycles. The first-order valence-electron chi connectivity index (χ1n) is 5.33. The summed E-state index contributed by atoms with van der Waals surface area (Å²) in [5, 5.41) is 3.82. The van der Waals surface area contributed by atoms with Crippen LogP contribution in [0.5, 0.6) is 0 Å². The molecule has 90 valence electrons. The smallest absolute Gasteiger partial charge is 0.291 e. The summed E-state index contributed by atoms with van der Waals surface area (Å²) in [6.07, 6.45) is 0. The minimum absolute atomic E-state index is 0.0411. The summed E-state index contributed by atoms with van der Waals surface area (Å²) in [6.45, 7) is 2.63. The van der Waals surface area contributed by atoms with Gasteiger partial charge in [-0.05, 0) is 23.7 Å². The molecule has 2 aromatic rings. The lowest BCUT2D eigenvalue weighted by Crippen LogP contribution is -2.49. The van der Waals surface area contributed by atoms with Crippen LogP contribution in [0.4, 0.5) is 0 Å². The molecule has 3 heterocycles. The Morgan fingerprint density at radius 3 is 2.94 bits per heavy atom. The fraction of sp³-hybridized carbons (Fsp3) is 0.400. The Balaban J connectivity index is 2.20. The van der Waals surface area contributed by atoms with Gasteiger partial charge in [0.25, 0.3) is 5.56 Å². The number of rotatable bonds is 1. The maximum absolute atomic E-state index is 12.3. The zero-order chi connectivity index (χ0) is 11.8. The summed E-state index contributed by atoms with van der Waals surface area (Å²) in [6, 6.07) is 1.88. The third kappa shape index (κ3) is 1.80. The monoisotopic (exact) mass is 269 g/mol. The third-order valence-electron chi connectivity index (χ3n) is 2.76. The first-order valence-corrected chi connectivity index (χ1v) is 6.62. The second-order valence-electron chi connectivity index (χ2n) is 3.78. The summed E-state index contributed by atoms with van der Waals surface area (Å²) in [5.41, 5.74) is 0.773. The lowest BCUT2D eigenvalue weighted by atomic mass is 10.4. The molecule has 17 heavy (non-hydrogen) atoms. The summed E-state index contributed by atoms with van der Waals surface area (Å²) >= 11 is 6.68. The van der Waals surface area contributed by atoms with E-state index in [4.69, 9.17) is 17.0 Å². The van der Waals surface area contributed by atoms with E-state index in [0.29, 0.717) is 35.8 Å². The van der Waals surface area contributed by atoms with Gasteiger partial charge >= 0.3 is 0 Å². The summed E-state index contributed by atoms with van der Waals surface area (Å²) in [7, 11) is 0. The second-order valence-corrected chi connectivity index (χ2v) is 5.08. The quantitative estimate of drug-likeness (QED) is 0.787. The molecule has 5 nitrogen and oxygen atoms in total. The van der Waals surface area contributed by atoms with Crippen LogP contribution in [0.1, 0.15) is 0 Å². The Morgan fingerprint density at radius 2 is 2.18 bits per heavy atom. The van der Waals surface area contributed by atoms with Gasteiger partial charge in [0.2, 0.25) is 0 Å². The fourth-order valence-corrected chi connectivity index (χ4v) is 3.02. The molecule has 0 saturated carbocycles. The van der Waals surface area contributed by atoms with Crippen molar-refractivity contribution < 1.29 is 4.74 Å². The highest BCUT2D eigenvalue weighted by molar-refractivity contribution is 7.71. The molecule has 0 bridgehead atoms. The second kappa shape index (κ2) is 4.25. The summed E-state index contributed by atoms with van der Waals surface area (Å²) in [5.74, 6) is 0. The topological polar surface area (TPSA) is 50.3 Å². The molecule has 0 amide bonds. The predicted molar refractivity (Wildman–Crippen MR) is 70.0 cm³/mol. The van der Waals surface area contributed by atoms with E-state index in [9.17, 15) is 4.79 Å². The lowest BCUT2D eigenvalue weighted by Gasteiger charge is -2.29. The van der Waals surface area contributed by atoms with Crippen LogP contribution in [0, 0.1) is 4.77 Å². The van der Waals surface area contributed by atoms with Gasteiger partial charge in [-0.2, -0.15) is 4.68 Å². The van der Waals surface area contributed by atoms with Gasteiger partial charge in [0, 0.05) is 0 Å². The standard InChI is InChI=1S/C10H11N3O2S2/c14-9-8-7(1-6-17-8)11-10(16)13(9)12-2-4-15-5-3-12/h1,6H,2-5H2,(H,11,16). The number of aromatic nitrogens is 2. The number of hydrogen-bond donors (Lipinski definition) is 1. The number of ether oxygens (including phenoxy) is 1. The lowest BCUT2D eigenvalue weighted by molar-refractivity contribution is 0.110. The van der Waals surface area contributed by atoms with Crippen LogP contribution < -0.4 is 10.6 Å². The average molecular weight is 269 g/mol. The third-order valence-corrected chi connectivity index (χ3v) is 3.93. The van der Waals surface area contributed by atoms with E-state index < -0.39 is 0 Å². The van der Waals surface area contributed by atoms with Gasteiger partial charge in [-0.15, -0.1) is 11.3 Å². The highest BCUT2D eigenvalue weighted by atomic mass is 32.1. The highest BCUT2D eigenvalue weighted by Gasteiger charge is 2.15. The van der Waals surface area contributed by atoms with Gasteiger partial charge in [0.15, 0.2) is 4.77 Å². The van der Waals surface area contributed by atoms with Gasteiger partial charge in [-0.1, -0.05) is 0 Å². The molecule has 1 N–H and O–H groups in total. The average Bonchev–Trinajstić information content (AvgIpc) is 2.78. The molecule has 1 saturated heterocycles. The summed E-state index contributed by atoms with van der Waals surface area (Å²) in [4.78, 5) is 15.4. The number of morpholine rings is 1. The van der Waals surface area contributed by atoms with Crippen molar-refractivity contribution in [2.45, 2.75) is 0 Å². The Kier molecular flexibility index (Phi) is 2.73. The molecular weight excluding hydrogens is 258 g/mol. The molecule has 3 rings (SSSR count). The molecule has 7 heteroatoms. The number of nitrogens with one attached hydrogen (secondary N) is 1. The number of fused-ring (bicyclic) bond motifs is 1. The predicted octanol–water partition coefficient (Wildman–Crippen LogP) is 1.09. The number of thiophene rings is 1. The van der Waals surface area contributed by atoms with E-state index in [1.165, 1.54) is 11.3 Å². The van der Waals surface area contributed by atoms with Crippen LogP contribution in [0.3, 0.4) is 0 Å². The molecule has 0 atom stereocenters. The van der Waals surface area contributed by atoms with Crippen LogP contribution in [0.15, 0.2) is 16.2 Å². The fourth-order valence-electron chi connectivity index (χ4n) is 1.94. The van der Waals surface area contributed by atoms with Gasteiger partial charge in [-0.3, -0.25) is 4.79 Å². The molecule has 1 fully saturated rings. The highest BCUT2D eigenvalue weighted by Crippen LogP contribution is 2.14. The summed E-state index contributed by atoms with van der Waals surface area (Å²) < 4.78 is 7.99. The maximum Gasteiger partial charge on any atom is 0.291 e. The van der Waals surface area contributed by atoms with Crippen LogP contribution in [0.2, 0.25) is 0 Å². The van der Waals surface area contributed by atoms with Crippen molar-refractivity contribution in [1.29, 1.82) is 0 Å². The molecule has 2 aromatic heterocycles. The normalized spacial score (nSPS) is 16.6. The Morgan fingerprint density at radius 1 is 1.41 bits per heavy atom. The molecular formula is C10H11N3O2S2. The van der Waals surface area contributed by atoms with E-state index in [2.05, 4.69) is 4.98 Å². The molecule has 1 aliphatic rings. The first-order chi connectivity index (χ1) is 8.27. The van der Waals surface area contributed by atoms with Crippen molar-refractivity contribution in [3.8, 4) is 0 Å². The number of hydrogen-bond acceptors (Lipinski definition) is 5. The van der Waals surface area contributed by atoms with Gasteiger partial charge in [0.1, 0.15) is 4.70 Å². The maximum atomic E-state index is 12.3. The first kappa shape index (κ1) is 10.9. The van der Waals surface area contributed by atoms with E-state index in [1.54, 1.807) is 4.68 Å². The van der Waals surface area contributed by atoms with E-state index in [1.807, 2.05) is 16.5 Å². The molecule has 0 spiro atoms. The van der Waals surface area contributed by atoms with Gasteiger partial charge < -0.3 is 14.7 Å². The van der Waals surface area contributed by atoms with Crippen molar-refractivity contribution in [2.75, 3.05) is 31.3 Å². The van der Waals surface area contributed by atoms with E-state index in [0.717, 1.165) is 5.52 Å². The van der Waals surface area contributed by atoms with E-state index in [-0.39, 0.29) is 5.56 Å². The Hall–Kier alpha value is -1.18. The Bertz CT molecular complexity index is 651. The van der Waals surface area contributed by atoms with Crippen molar-refractivity contribution >= 4 is 33.8 Å². The van der Waals surface area contributed by atoms with E-state index >= 15 is 0 Å². The molecule has 1 aliphatic heterocycles.